The van der Waals surface area contributed by atoms with Crippen molar-refractivity contribution in [3.8, 4) is 0 Å². The molecule has 0 spiro atoms. The second-order valence-electron chi connectivity index (χ2n) is 6.01. The normalized spacial score (nSPS) is 37.3. The van der Waals surface area contributed by atoms with Crippen molar-refractivity contribution in [2.75, 3.05) is 0 Å². The number of amides is 1. The maximum Gasteiger partial charge on any atom is 0.241 e. The standard InChI is InChI=1S/C15H28N2O/c1-4-8-12-15(18)17(14(5-2)16-12)13-10-7-6-9-11(13)3/h11-14,16H,4-10H2,1-3H3. The van der Waals surface area contributed by atoms with Gasteiger partial charge in [0.25, 0.3) is 0 Å². The van der Waals surface area contributed by atoms with Gasteiger partial charge in [0.1, 0.15) is 0 Å². The Bertz CT molecular complexity index is 292. The van der Waals surface area contributed by atoms with Crippen LogP contribution in [0.2, 0.25) is 0 Å². The van der Waals surface area contributed by atoms with Gasteiger partial charge in [0.05, 0.1) is 12.2 Å². The molecule has 3 heteroatoms. The van der Waals surface area contributed by atoms with Gasteiger partial charge < -0.3 is 4.90 Å². The molecule has 0 aromatic rings. The molecule has 1 N–H and O–H groups in total. The molecule has 4 atom stereocenters. The molecule has 0 aromatic heterocycles. The zero-order chi connectivity index (χ0) is 13.1. The molecule has 18 heavy (non-hydrogen) atoms. The van der Waals surface area contributed by atoms with Crippen molar-refractivity contribution in [2.45, 2.75) is 84.0 Å². The average molecular weight is 252 g/mol. The van der Waals surface area contributed by atoms with Gasteiger partial charge in [0, 0.05) is 6.04 Å². The third-order valence-electron chi connectivity index (χ3n) is 4.67. The van der Waals surface area contributed by atoms with E-state index < -0.39 is 0 Å². The number of carbonyl (C=O) groups is 1. The summed E-state index contributed by atoms with van der Waals surface area (Å²) < 4.78 is 0. The minimum absolute atomic E-state index is 0.0778. The molecule has 2 fully saturated rings. The quantitative estimate of drug-likeness (QED) is 0.834. The monoisotopic (exact) mass is 252 g/mol. The maximum atomic E-state index is 12.6. The van der Waals surface area contributed by atoms with Gasteiger partial charge in [-0.25, -0.2) is 0 Å². The van der Waals surface area contributed by atoms with E-state index in [1.807, 2.05) is 0 Å². The summed E-state index contributed by atoms with van der Waals surface area (Å²) in [5.41, 5.74) is 0. The predicted octanol–water partition coefficient (Wildman–Crippen LogP) is 2.90. The summed E-state index contributed by atoms with van der Waals surface area (Å²) in [5, 5.41) is 3.54. The Morgan fingerprint density at radius 3 is 2.61 bits per heavy atom. The minimum Gasteiger partial charge on any atom is -0.323 e. The average Bonchev–Trinajstić information content (AvgIpc) is 2.68. The van der Waals surface area contributed by atoms with Crippen molar-refractivity contribution in [2.24, 2.45) is 5.92 Å². The summed E-state index contributed by atoms with van der Waals surface area (Å²) in [6.45, 7) is 6.65. The lowest BCUT2D eigenvalue weighted by molar-refractivity contribution is -0.134. The molecule has 0 bridgehead atoms. The SMILES string of the molecule is CCCC1NC(CC)N(C2CCCCC2C)C1=O. The summed E-state index contributed by atoms with van der Waals surface area (Å²) >= 11 is 0. The van der Waals surface area contributed by atoms with Crippen LogP contribution in [0.4, 0.5) is 0 Å². The Morgan fingerprint density at radius 2 is 2.00 bits per heavy atom. The number of nitrogens with one attached hydrogen (secondary N) is 1. The number of hydrogen-bond acceptors (Lipinski definition) is 2. The minimum atomic E-state index is 0.0778. The van der Waals surface area contributed by atoms with Gasteiger partial charge in [-0.15, -0.1) is 0 Å². The largest absolute Gasteiger partial charge is 0.323 e. The number of carbonyl (C=O) groups excluding carboxylic acids is 1. The van der Waals surface area contributed by atoms with Crippen LogP contribution in [0, 0.1) is 5.92 Å². The molecule has 0 radical (unpaired) electrons. The van der Waals surface area contributed by atoms with Crippen LogP contribution in [-0.2, 0) is 4.79 Å². The van der Waals surface area contributed by atoms with E-state index in [0.717, 1.165) is 19.3 Å². The molecule has 2 rings (SSSR count). The zero-order valence-corrected chi connectivity index (χ0v) is 12.1. The molecule has 1 aliphatic heterocycles. The van der Waals surface area contributed by atoms with E-state index in [4.69, 9.17) is 0 Å². The van der Waals surface area contributed by atoms with E-state index >= 15 is 0 Å². The Hall–Kier alpha value is -0.570. The van der Waals surface area contributed by atoms with E-state index in [1.54, 1.807) is 0 Å². The van der Waals surface area contributed by atoms with Gasteiger partial charge in [-0.3, -0.25) is 10.1 Å². The predicted molar refractivity (Wildman–Crippen MR) is 74.2 cm³/mol. The lowest BCUT2D eigenvalue weighted by atomic mass is 9.84. The van der Waals surface area contributed by atoms with Crippen molar-refractivity contribution < 1.29 is 4.79 Å². The number of rotatable bonds is 4. The smallest absolute Gasteiger partial charge is 0.241 e. The van der Waals surface area contributed by atoms with Gasteiger partial charge in [-0.05, 0) is 31.6 Å². The topological polar surface area (TPSA) is 32.3 Å². The first-order valence-electron chi connectivity index (χ1n) is 7.77. The highest BCUT2D eigenvalue weighted by atomic mass is 16.2. The van der Waals surface area contributed by atoms with Crippen LogP contribution in [0.5, 0.6) is 0 Å². The fourth-order valence-corrected chi connectivity index (χ4v) is 3.63. The van der Waals surface area contributed by atoms with Crippen molar-refractivity contribution in [3.05, 3.63) is 0 Å². The summed E-state index contributed by atoms with van der Waals surface area (Å²) in [6.07, 6.45) is 8.46. The third kappa shape index (κ3) is 2.56. The molecule has 0 aromatic carbocycles. The van der Waals surface area contributed by atoms with Crippen LogP contribution >= 0.6 is 0 Å². The second-order valence-corrected chi connectivity index (χ2v) is 6.01. The summed E-state index contributed by atoms with van der Waals surface area (Å²) in [6, 6.07) is 0.555. The molecule has 1 saturated heterocycles. The van der Waals surface area contributed by atoms with Crippen molar-refractivity contribution in [1.82, 2.24) is 10.2 Å². The van der Waals surface area contributed by atoms with Crippen LogP contribution in [0.25, 0.3) is 0 Å². The fraction of sp³-hybridized carbons (Fsp3) is 0.933. The van der Waals surface area contributed by atoms with Gasteiger partial charge in [0.15, 0.2) is 0 Å². The summed E-state index contributed by atoms with van der Waals surface area (Å²) in [5.74, 6) is 1.03. The second kappa shape index (κ2) is 6.05. The molecule has 3 nitrogen and oxygen atoms in total. The molecule has 2 aliphatic rings. The van der Waals surface area contributed by atoms with Crippen LogP contribution in [0.15, 0.2) is 0 Å². The molecule has 1 saturated carbocycles. The van der Waals surface area contributed by atoms with Gasteiger partial charge in [0.2, 0.25) is 5.91 Å². The lowest BCUT2D eigenvalue weighted by Crippen LogP contribution is -2.48. The van der Waals surface area contributed by atoms with Gasteiger partial charge in [-0.2, -0.15) is 0 Å². The molecule has 4 unspecified atom stereocenters. The first-order valence-corrected chi connectivity index (χ1v) is 7.77. The summed E-state index contributed by atoms with van der Waals surface area (Å²) in [4.78, 5) is 14.8. The molecule has 1 aliphatic carbocycles. The third-order valence-corrected chi connectivity index (χ3v) is 4.67. The van der Waals surface area contributed by atoms with E-state index in [0.29, 0.717) is 17.9 Å². The molecule has 1 heterocycles. The van der Waals surface area contributed by atoms with E-state index in [9.17, 15) is 4.79 Å². The number of hydrogen-bond donors (Lipinski definition) is 1. The Morgan fingerprint density at radius 1 is 1.28 bits per heavy atom. The highest BCUT2D eigenvalue weighted by Crippen LogP contribution is 2.32. The summed E-state index contributed by atoms with van der Waals surface area (Å²) in [7, 11) is 0. The first kappa shape index (κ1) is 13.9. The highest BCUT2D eigenvalue weighted by Gasteiger charge is 2.42. The highest BCUT2D eigenvalue weighted by molar-refractivity contribution is 5.84. The van der Waals surface area contributed by atoms with E-state index in [1.165, 1.54) is 25.7 Å². The van der Waals surface area contributed by atoms with Gasteiger partial charge >= 0.3 is 0 Å². The zero-order valence-electron chi connectivity index (χ0n) is 12.1. The molecule has 104 valence electrons. The van der Waals surface area contributed by atoms with Crippen molar-refractivity contribution in [1.29, 1.82) is 0 Å². The van der Waals surface area contributed by atoms with Crippen molar-refractivity contribution in [3.63, 3.8) is 0 Å². The molecular weight excluding hydrogens is 224 g/mol. The van der Waals surface area contributed by atoms with Crippen LogP contribution in [-0.4, -0.2) is 29.1 Å². The Labute approximate surface area is 111 Å². The molecular formula is C15H28N2O. The maximum absolute atomic E-state index is 12.6. The number of nitrogens with zero attached hydrogens (tertiary/aromatic N) is 1. The van der Waals surface area contributed by atoms with Crippen LogP contribution < -0.4 is 5.32 Å². The lowest BCUT2D eigenvalue weighted by Gasteiger charge is -2.39. The first-order chi connectivity index (χ1) is 8.69. The van der Waals surface area contributed by atoms with E-state index in [2.05, 4.69) is 31.0 Å². The fourth-order valence-electron chi connectivity index (χ4n) is 3.63. The molecule has 1 amide bonds. The van der Waals surface area contributed by atoms with Crippen LogP contribution in [0.3, 0.4) is 0 Å². The van der Waals surface area contributed by atoms with E-state index in [-0.39, 0.29) is 12.2 Å². The van der Waals surface area contributed by atoms with Crippen LogP contribution in [0.1, 0.15) is 65.7 Å². The van der Waals surface area contributed by atoms with Gasteiger partial charge in [-0.1, -0.05) is 40.0 Å². The van der Waals surface area contributed by atoms with Crippen molar-refractivity contribution >= 4 is 5.91 Å². The Kier molecular flexibility index (Phi) is 4.66. The Balaban J connectivity index is 2.11.